The molecule has 1 fully saturated rings. The second-order valence-corrected chi connectivity index (χ2v) is 10.1. The molecule has 1 aliphatic rings. The van der Waals surface area contributed by atoms with Gasteiger partial charge in [0, 0.05) is 49.6 Å². The van der Waals surface area contributed by atoms with Crippen LogP contribution in [0.15, 0.2) is 46.8 Å². The van der Waals surface area contributed by atoms with Crippen LogP contribution in [0.1, 0.15) is 58.2 Å². The van der Waals surface area contributed by atoms with Gasteiger partial charge in [-0.15, -0.1) is 11.3 Å². The Morgan fingerprint density at radius 1 is 1.12 bits per heavy atom. The van der Waals surface area contributed by atoms with Gasteiger partial charge in [-0.05, 0) is 74.9 Å². The molecule has 0 radical (unpaired) electrons. The lowest BCUT2D eigenvalue weighted by molar-refractivity contribution is 0.0724. The third-order valence-corrected chi connectivity index (χ3v) is 7.36. The smallest absolute Gasteiger partial charge is 0.253 e. The van der Waals surface area contributed by atoms with Gasteiger partial charge in [-0.1, -0.05) is 18.2 Å². The molecule has 2 aromatic carbocycles. The van der Waals surface area contributed by atoms with E-state index in [9.17, 15) is 4.79 Å². The largest absolute Gasteiger partial charge is 0.366 e. The molecule has 0 aliphatic carbocycles. The van der Waals surface area contributed by atoms with Crippen LogP contribution in [-0.2, 0) is 6.42 Å². The first-order chi connectivity index (χ1) is 16.4. The number of nitrogens with zero attached hydrogens (tertiary/aromatic N) is 4. The van der Waals surface area contributed by atoms with E-state index in [1.807, 2.05) is 42.6 Å². The number of hydrogen-bond acceptors (Lipinski definition) is 4. The van der Waals surface area contributed by atoms with Gasteiger partial charge >= 0.3 is 0 Å². The molecule has 34 heavy (non-hydrogen) atoms. The quantitative estimate of drug-likeness (QED) is 0.300. The van der Waals surface area contributed by atoms with Crippen molar-refractivity contribution in [2.75, 3.05) is 26.7 Å². The van der Waals surface area contributed by atoms with Crippen molar-refractivity contribution in [3.63, 3.8) is 0 Å². The van der Waals surface area contributed by atoms with Gasteiger partial charge in [0.1, 0.15) is 0 Å². The SMILES string of the molecule is CCN(C)/C=N/c1cc(C)c(Cc2nc(-c3ccc(C(=O)N4CCCCC4)cc3)cs2)cc1C. The maximum Gasteiger partial charge on any atom is 0.253 e. The van der Waals surface area contributed by atoms with Crippen molar-refractivity contribution >= 4 is 29.3 Å². The fourth-order valence-corrected chi connectivity index (χ4v) is 5.01. The number of aliphatic imine (C=N–C) groups is 1. The van der Waals surface area contributed by atoms with E-state index >= 15 is 0 Å². The van der Waals surface area contributed by atoms with Gasteiger partial charge in [0.15, 0.2) is 0 Å². The van der Waals surface area contributed by atoms with Crippen LogP contribution >= 0.6 is 11.3 Å². The number of aryl methyl sites for hydroxylation is 2. The van der Waals surface area contributed by atoms with Crippen LogP contribution in [0.2, 0.25) is 0 Å². The van der Waals surface area contributed by atoms with Gasteiger partial charge in [-0.2, -0.15) is 0 Å². The minimum Gasteiger partial charge on any atom is -0.366 e. The van der Waals surface area contributed by atoms with Gasteiger partial charge in [-0.3, -0.25) is 4.79 Å². The third kappa shape index (κ3) is 5.73. The van der Waals surface area contributed by atoms with Crippen molar-refractivity contribution in [1.82, 2.24) is 14.8 Å². The highest BCUT2D eigenvalue weighted by Crippen LogP contribution is 2.28. The number of benzene rings is 2. The summed E-state index contributed by atoms with van der Waals surface area (Å²) in [5.74, 6) is 0.144. The zero-order valence-corrected chi connectivity index (χ0v) is 21.5. The van der Waals surface area contributed by atoms with Crippen LogP contribution in [0.25, 0.3) is 11.3 Å². The van der Waals surface area contributed by atoms with Gasteiger partial charge in [-0.25, -0.2) is 9.98 Å². The van der Waals surface area contributed by atoms with E-state index in [1.54, 1.807) is 11.3 Å². The van der Waals surface area contributed by atoms with Crippen molar-refractivity contribution in [1.29, 1.82) is 0 Å². The van der Waals surface area contributed by atoms with Crippen LogP contribution in [-0.4, -0.2) is 53.7 Å². The van der Waals surface area contributed by atoms with E-state index in [-0.39, 0.29) is 5.91 Å². The zero-order valence-electron chi connectivity index (χ0n) is 20.7. The van der Waals surface area contributed by atoms with E-state index in [1.165, 1.54) is 23.1 Å². The lowest BCUT2D eigenvalue weighted by Crippen LogP contribution is -2.35. The van der Waals surface area contributed by atoms with Gasteiger partial charge in [0.05, 0.1) is 22.7 Å². The van der Waals surface area contributed by atoms with Crippen LogP contribution in [0.5, 0.6) is 0 Å². The van der Waals surface area contributed by atoms with Crippen LogP contribution in [0.3, 0.4) is 0 Å². The number of thiazole rings is 1. The molecule has 1 saturated heterocycles. The highest BCUT2D eigenvalue weighted by atomic mass is 32.1. The predicted molar refractivity (Wildman–Crippen MR) is 142 cm³/mol. The second-order valence-electron chi connectivity index (χ2n) is 9.12. The number of rotatable bonds is 7. The molecule has 1 aliphatic heterocycles. The fraction of sp³-hybridized carbons (Fsp3) is 0.393. The zero-order chi connectivity index (χ0) is 24.1. The Labute approximate surface area is 207 Å². The molecule has 0 N–H and O–H groups in total. The van der Waals surface area contributed by atoms with Gasteiger partial charge in [0.25, 0.3) is 5.91 Å². The molecule has 0 saturated carbocycles. The Hall–Kier alpha value is -2.99. The average Bonchev–Trinajstić information content (AvgIpc) is 3.33. The molecular weight excluding hydrogens is 440 g/mol. The van der Waals surface area contributed by atoms with E-state index in [2.05, 4.69) is 48.2 Å². The number of carbonyl (C=O) groups excluding carboxylic acids is 1. The summed E-state index contributed by atoms with van der Waals surface area (Å²) in [7, 11) is 2.03. The number of hydrogen-bond donors (Lipinski definition) is 0. The molecule has 4 rings (SSSR count). The summed E-state index contributed by atoms with van der Waals surface area (Å²) in [6, 6.07) is 12.3. The molecule has 0 spiro atoms. The second kappa shape index (κ2) is 11.0. The van der Waals surface area contributed by atoms with Crippen molar-refractivity contribution in [3.8, 4) is 11.3 Å². The summed E-state index contributed by atoms with van der Waals surface area (Å²) in [5, 5.41) is 3.20. The lowest BCUT2D eigenvalue weighted by Gasteiger charge is -2.26. The first kappa shape index (κ1) is 24.1. The maximum absolute atomic E-state index is 12.7. The van der Waals surface area contributed by atoms with Crippen LogP contribution < -0.4 is 0 Å². The number of piperidine rings is 1. The first-order valence-corrected chi connectivity index (χ1v) is 13.0. The monoisotopic (exact) mass is 474 g/mol. The molecule has 0 atom stereocenters. The first-order valence-electron chi connectivity index (χ1n) is 12.1. The average molecular weight is 475 g/mol. The summed E-state index contributed by atoms with van der Waals surface area (Å²) in [5.41, 5.74) is 7.48. The predicted octanol–water partition coefficient (Wildman–Crippen LogP) is 6.26. The molecule has 1 amide bonds. The normalized spacial score (nSPS) is 14.1. The standard InChI is InChI=1S/C28H34N4OS/c1-5-31(4)19-29-25-16-20(2)24(15-21(25)3)17-27-30-26(18-34-27)22-9-11-23(12-10-22)28(33)32-13-7-6-8-14-32/h9-12,15-16,18-19H,5-8,13-14,17H2,1-4H3/b29-19+. The Balaban J connectivity index is 1.45. The summed E-state index contributed by atoms with van der Waals surface area (Å²) >= 11 is 1.69. The number of amides is 1. The number of likely N-dealkylation sites (tertiary alicyclic amines) is 1. The van der Waals surface area contributed by atoms with E-state index in [4.69, 9.17) is 4.98 Å². The van der Waals surface area contributed by atoms with E-state index < -0.39 is 0 Å². The van der Waals surface area contributed by atoms with E-state index in [0.29, 0.717) is 0 Å². The molecule has 1 aromatic heterocycles. The highest BCUT2D eigenvalue weighted by Gasteiger charge is 2.18. The summed E-state index contributed by atoms with van der Waals surface area (Å²) in [4.78, 5) is 26.3. The number of carbonyl (C=O) groups is 1. The van der Waals surface area contributed by atoms with Gasteiger partial charge in [0.2, 0.25) is 0 Å². The van der Waals surface area contributed by atoms with E-state index in [0.717, 1.165) is 66.4 Å². The Kier molecular flexibility index (Phi) is 7.78. The maximum atomic E-state index is 12.7. The number of aromatic nitrogens is 1. The highest BCUT2D eigenvalue weighted by molar-refractivity contribution is 7.10. The molecule has 6 heteroatoms. The molecule has 0 bridgehead atoms. The molecular formula is C28H34N4OS. The third-order valence-electron chi connectivity index (χ3n) is 6.51. The van der Waals surface area contributed by atoms with Crippen molar-refractivity contribution in [2.45, 2.75) is 46.5 Å². The van der Waals surface area contributed by atoms with Crippen molar-refractivity contribution in [2.24, 2.45) is 4.99 Å². The summed E-state index contributed by atoms with van der Waals surface area (Å²) in [6.07, 6.45) is 6.14. The van der Waals surface area contributed by atoms with Crippen LogP contribution in [0, 0.1) is 13.8 Å². The molecule has 5 nitrogen and oxygen atoms in total. The lowest BCUT2D eigenvalue weighted by atomic mass is 10.0. The minimum atomic E-state index is 0.144. The topological polar surface area (TPSA) is 48.8 Å². The van der Waals surface area contributed by atoms with Crippen molar-refractivity contribution in [3.05, 3.63) is 69.0 Å². The van der Waals surface area contributed by atoms with Crippen LogP contribution in [0.4, 0.5) is 5.69 Å². The summed E-state index contributed by atoms with van der Waals surface area (Å²) < 4.78 is 0. The van der Waals surface area contributed by atoms with Gasteiger partial charge < -0.3 is 9.80 Å². The Morgan fingerprint density at radius 2 is 1.85 bits per heavy atom. The fourth-order valence-electron chi connectivity index (χ4n) is 4.18. The Bertz CT molecular complexity index is 1160. The molecule has 3 aromatic rings. The van der Waals surface area contributed by atoms with Crippen molar-refractivity contribution < 1.29 is 4.79 Å². The molecule has 2 heterocycles. The summed E-state index contributed by atoms with van der Waals surface area (Å²) in [6.45, 7) is 9.05. The minimum absolute atomic E-state index is 0.144. The molecule has 178 valence electrons. The molecule has 0 unspecified atom stereocenters. The Morgan fingerprint density at radius 3 is 2.56 bits per heavy atom.